The summed E-state index contributed by atoms with van der Waals surface area (Å²) < 4.78 is 11.3. The summed E-state index contributed by atoms with van der Waals surface area (Å²) in [7, 11) is 0. The van der Waals surface area contributed by atoms with Gasteiger partial charge in [0, 0.05) is 0 Å². The second kappa shape index (κ2) is 7.72. The number of nitrogens with zero attached hydrogens (tertiary/aromatic N) is 4. The van der Waals surface area contributed by atoms with E-state index in [-0.39, 0.29) is 31.2 Å². The number of hydrogen-bond acceptors (Lipinski definition) is 7. The molecule has 2 heterocycles. The molecule has 138 valence electrons. The molecular formula is C20H15N5O3. The van der Waals surface area contributed by atoms with E-state index in [1.807, 2.05) is 54.6 Å². The predicted octanol–water partition coefficient (Wildman–Crippen LogP) is 2.65. The van der Waals surface area contributed by atoms with Crippen LogP contribution in [0.5, 0.6) is 0 Å². The van der Waals surface area contributed by atoms with Crippen LogP contribution in [-0.2, 0) is 17.6 Å². The first-order valence-electron chi connectivity index (χ1n) is 8.61. The molecule has 0 spiro atoms. The van der Waals surface area contributed by atoms with E-state index in [9.17, 15) is 4.79 Å². The Kier molecular flexibility index (Phi) is 4.80. The Morgan fingerprint density at radius 1 is 1.00 bits per heavy atom. The number of nitriles is 1. The van der Waals surface area contributed by atoms with Crippen molar-refractivity contribution in [2.75, 3.05) is 6.54 Å². The minimum atomic E-state index is -0.355. The maximum absolute atomic E-state index is 11.6. The van der Waals surface area contributed by atoms with Crippen molar-refractivity contribution in [1.82, 2.24) is 20.5 Å². The number of nitrogens with one attached hydrogen (secondary N) is 1. The molecule has 0 radical (unpaired) electrons. The van der Waals surface area contributed by atoms with Gasteiger partial charge in [0.15, 0.2) is 5.58 Å². The predicted molar refractivity (Wildman–Crippen MR) is 98.9 cm³/mol. The zero-order valence-electron chi connectivity index (χ0n) is 14.8. The van der Waals surface area contributed by atoms with Gasteiger partial charge in [0.05, 0.1) is 6.07 Å². The summed E-state index contributed by atoms with van der Waals surface area (Å²) in [6.07, 6.45) is 0.144. The quantitative estimate of drug-likeness (QED) is 0.516. The lowest BCUT2D eigenvalue weighted by Gasteiger charge is -1.99. The van der Waals surface area contributed by atoms with Crippen molar-refractivity contribution in [3.8, 4) is 17.2 Å². The summed E-state index contributed by atoms with van der Waals surface area (Å²) in [6, 6.07) is 17.7. The monoisotopic (exact) mass is 373 g/mol. The molecule has 0 saturated carbocycles. The van der Waals surface area contributed by atoms with E-state index < -0.39 is 0 Å². The van der Waals surface area contributed by atoms with Gasteiger partial charge < -0.3 is 14.2 Å². The number of amides is 1. The molecule has 0 aliphatic carbocycles. The SMILES string of the molecule is N#CCNC(=O)Cc1nnc(Cc2nc3ccc(-c4ccccc4)cc3o2)o1. The number of rotatable bonds is 6. The van der Waals surface area contributed by atoms with Gasteiger partial charge >= 0.3 is 0 Å². The lowest BCUT2D eigenvalue weighted by Crippen LogP contribution is -2.25. The molecule has 2 aromatic carbocycles. The first kappa shape index (κ1) is 17.4. The smallest absolute Gasteiger partial charge is 0.230 e. The number of carbonyl (C=O) groups is 1. The normalized spacial score (nSPS) is 10.7. The number of carbonyl (C=O) groups excluding carboxylic acids is 1. The highest BCUT2D eigenvalue weighted by atomic mass is 16.4. The van der Waals surface area contributed by atoms with Gasteiger partial charge in [-0.05, 0) is 23.3 Å². The maximum atomic E-state index is 11.6. The van der Waals surface area contributed by atoms with Crippen LogP contribution in [0.4, 0.5) is 0 Å². The van der Waals surface area contributed by atoms with Crippen molar-refractivity contribution in [2.24, 2.45) is 0 Å². The zero-order valence-corrected chi connectivity index (χ0v) is 14.8. The summed E-state index contributed by atoms with van der Waals surface area (Å²) in [5, 5.41) is 18.6. The summed E-state index contributed by atoms with van der Waals surface area (Å²) in [5.74, 6) is 0.572. The van der Waals surface area contributed by atoms with E-state index in [2.05, 4.69) is 20.5 Å². The van der Waals surface area contributed by atoms with Gasteiger partial charge in [-0.1, -0.05) is 36.4 Å². The Balaban J connectivity index is 1.48. The molecule has 28 heavy (non-hydrogen) atoms. The molecule has 0 unspecified atom stereocenters. The van der Waals surface area contributed by atoms with E-state index in [1.165, 1.54) is 0 Å². The molecule has 0 atom stereocenters. The second-order valence-corrected chi connectivity index (χ2v) is 6.03. The molecule has 1 N–H and O–H groups in total. The molecule has 8 heteroatoms. The first-order valence-corrected chi connectivity index (χ1v) is 8.61. The summed E-state index contributed by atoms with van der Waals surface area (Å²) in [5.41, 5.74) is 3.55. The molecule has 4 aromatic rings. The van der Waals surface area contributed by atoms with Gasteiger partial charge in [0.25, 0.3) is 0 Å². The van der Waals surface area contributed by atoms with E-state index in [0.29, 0.717) is 17.4 Å². The van der Waals surface area contributed by atoms with Crippen molar-refractivity contribution < 1.29 is 13.6 Å². The fourth-order valence-electron chi connectivity index (χ4n) is 2.76. The van der Waals surface area contributed by atoms with Gasteiger partial charge in [-0.3, -0.25) is 4.79 Å². The van der Waals surface area contributed by atoms with Crippen LogP contribution in [0.2, 0.25) is 0 Å². The molecule has 4 rings (SSSR count). The van der Waals surface area contributed by atoms with Crippen LogP contribution in [0.3, 0.4) is 0 Å². The van der Waals surface area contributed by atoms with Crippen molar-refractivity contribution in [2.45, 2.75) is 12.8 Å². The van der Waals surface area contributed by atoms with Crippen LogP contribution in [0.15, 0.2) is 57.4 Å². The molecule has 2 aromatic heterocycles. The van der Waals surface area contributed by atoms with Gasteiger partial charge in [-0.25, -0.2) is 4.98 Å². The summed E-state index contributed by atoms with van der Waals surface area (Å²) >= 11 is 0. The maximum Gasteiger partial charge on any atom is 0.230 e. The number of oxazole rings is 1. The van der Waals surface area contributed by atoms with Crippen LogP contribution in [0.25, 0.3) is 22.2 Å². The third-order valence-electron chi connectivity index (χ3n) is 4.03. The molecule has 0 aliphatic rings. The number of aromatic nitrogens is 3. The van der Waals surface area contributed by atoms with Gasteiger partial charge in [0.2, 0.25) is 23.6 Å². The van der Waals surface area contributed by atoms with E-state index in [0.717, 1.165) is 16.6 Å². The van der Waals surface area contributed by atoms with Crippen LogP contribution < -0.4 is 5.32 Å². The highest BCUT2D eigenvalue weighted by Gasteiger charge is 2.14. The van der Waals surface area contributed by atoms with E-state index in [1.54, 1.807) is 0 Å². The Bertz CT molecular complexity index is 1160. The summed E-state index contributed by atoms with van der Waals surface area (Å²) in [6.45, 7) is -0.0618. The second-order valence-electron chi connectivity index (χ2n) is 6.03. The molecule has 0 saturated heterocycles. The minimum absolute atomic E-state index is 0.0618. The summed E-state index contributed by atoms with van der Waals surface area (Å²) in [4.78, 5) is 16.0. The molecule has 0 fully saturated rings. The number of benzene rings is 2. The molecule has 1 amide bonds. The Morgan fingerprint density at radius 3 is 2.64 bits per heavy atom. The van der Waals surface area contributed by atoms with Crippen LogP contribution >= 0.6 is 0 Å². The average Bonchev–Trinajstić information content (AvgIpc) is 3.32. The average molecular weight is 373 g/mol. The standard InChI is InChI=1S/C20H15N5O3/c21-8-9-22-17(26)11-19-24-25-20(28-19)12-18-23-15-7-6-14(10-16(15)27-18)13-4-2-1-3-5-13/h1-7,10H,9,11-12H2,(H,22,26). The highest BCUT2D eigenvalue weighted by molar-refractivity contribution is 5.80. The van der Waals surface area contributed by atoms with Crippen molar-refractivity contribution >= 4 is 17.0 Å². The van der Waals surface area contributed by atoms with Crippen LogP contribution in [0, 0.1) is 11.3 Å². The lowest BCUT2D eigenvalue weighted by atomic mass is 10.1. The third kappa shape index (κ3) is 3.88. The van der Waals surface area contributed by atoms with Gasteiger partial charge in [-0.2, -0.15) is 5.26 Å². The van der Waals surface area contributed by atoms with E-state index >= 15 is 0 Å². The third-order valence-corrected chi connectivity index (χ3v) is 4.03. The fraction of sp³-hybridized carbons (Fsp3) is 0.150. The molecule has 0 aliphatic heterocycles. The first-order chi connectivity index (χ1) is 13.7. The highest BCUT2D eigenvalue weighted by Crippen LogP contribution is 2.25. The fourth-order valence-corrected chi connectivity index (χ4v) is 2.76. The Hall–Kier alpha value is -3.99. The molecular weight excluding hydrogens is 358 g/mol. The zero-order chi connectivity index (χ0) is 19.3. The number of fused-ring (bicyclic) bond motifs is 1. The van der Waals surface area contributed by atoms with Crippen molar-refractivity contribution in [1.29, 1.82) is 5.26 Å². The van der Waals surface area contributed by atoms with Gasteiger partial charge in [0.1, 0.15) is 24.9 Å². The Labute approximate surface area is 159 Å². The van der Waals surface area contributed by atoms with Crippen LogP contribution in [0.1, 0.15) is 17.7 Å². The van der Waals surface area contributed by atoms with Gasteiger partial charge in [-0.15, -0.1) is 10.2 Å². The Morgan fingerprint density at radius 2 is 1.82 bits per heavy atom. The minimum Gasteiger partial charge on any atom is -0.440 e. The lowest BCUT2D eigenvalue weighted by molar-refractivity contribution is -0.120. The molecule has 8 nitrogen and oxygen atoms in total. The largest absolute Gasteiger partial charge is 0.440 e. The van der Waals surface area contributed by atoms with Crippen molar-refractivity contribution in [3.63, 3.8) is 0 Å². The van der Waals surface area contributed by atoms with E-state index in [4.69, 9.17) is 14.1 Å². The number of hydrogen-bond donors (Lipinski definition) is 1. The van der Waals surface area contributed by atoms with Crippen LogP contribution in [-0.4, -0.2) is 27.6 Å². The topological polar surface area (TPSA) is 118 Å². The van der Waals surface area contributed by atoms with Crippen molar-refractivity contribution in [3.05, 3.63) is 66.2 Å². The molecule has 0 bridgehead atoms.